The molecule has 0 aliphatic carbocycles. The van der Waals surface area contributed by atoms with E-state index in [4.69, 9.17) is 0 Å². The van der Waals surface area contributed by atoms with Gasteiger partial charge in [0.2, 0.25) is 0 Å². The van der Waals surface area contributed by atoms with Crippen LogP contribution >= 0.6 is 0 Å². The number of nitrogens with two attached hydrogens (primary N) is 1. The van der Waals surface area contributed by atoms with Gasteiger partial charge in [-0.05, 0) is 17.5 Å². The molecular formula is C11H9NO2. The number of hydrogen-bond acceptors (Lipinski definition) is 2. The smallest absolute Gasteiger partial charge is 0.156 e. The second-order valence-electron chi connectivity index (χ2n) is 3.03. The first-order chi connectivity index (χ1) is 6.86. The molecule has 0 radical (unpaired) electrons. The van der Waals surface area contributed by atoms with Gasteiger partial charge in [-0.15, -0.1) is 0 Å². The molecule has 2 aromatic rings. The number of rotatable bonds is 2. The van der Waals surface area contributed by atoms with Gasteiger partial charge in [0.05, 0.1) is 5.56 Å². The fourth-order valence-electron chi connectivity index (χ4n) is 1.55. The summed E-state index contributed by atoms with van der Waals surface area (Å²) in [4.78, 5) is 10.7. The third-order valence-electron chi connectivity index (χ3n) is 2.25. The highest BCUT2D eigenvalue weighted by Crippen LogP contribution is 2.22. The van der Waals surface area contributed by atoms with E-state index < -0.39 is 0 Å². The molecule has 0 spiro atoms. The highest BCUT2D eigenvalue weighted by molar-refractivity contribution is 5.98. The van der Waals surface area contributed by atoms with Crippen LogP contribution in [-0.4, -0.2) is 6.29 Å². The van der Waals surface area contributed by atoms with Crippen molar-refractivity contribution in [2.45, 2.75) is 0 Å². The molecule has 3 heteroatoms. The maximum absolute atomic E-state index is 10.8. The fourth-order valence-corrected chi connectivity index (χ4v) is 1.55. The molecule has 0 amide bonds. The predicted molar refractivity (Wildman–Crippen MR) is 54.3 cm³/mol. The molecule has 70 valence electrons. The summed E-state index contributed by atoms with van der Waals surface area (Å²) in [6, 6.07) is 11.0. The SMILES string of the molecule is O=Cc1ccc2ccccc2c1[NH2+][O-]. The number of benzene rings is 2. The Hall–Kier alpha value is -1.71. The summed E-state index contributed by atoms with van der Waals surface area (Å²) >= 11 is 0. The lowest BCUT2D eigenvalue weighted by Gasteiger charge is -2.07. The molecule has 2 rings (SSSR count). The van der Waals surface area contributed by atoms with Crippen LogP contribution < -0.4 is 5.48 Å². The Morgan fingerprint density at radius 3 is 2.64 bits per heavy atom. The Kier molecular flexibility index (Phi) is 2.26. The number of aldehydes is 1. The van der Waals surface area contributed by atoms with Crippen molar-refractivity contribution < 1.29 is 10.3 Å². The summed E-state index contributed by atoms with van der Waals surface area (Å²) in [5.41, 5.74) is 1.64. The summed E-state index contributed by atoms with van der Waals surface area (Å²) in [7, 11) is 0. The van der Waals surface area contributed by atoms with Crippen LogP contribution in [0.3, 0.4) is 0 Å². The van der Waals surface area contributed by atoms with Gasteiger partial charge in [0.25, 0.3) is 0 Å². The minimum atomic E-state index is 0.443. The van der Waals surface area contributed by atoms with Crippen LogP contribution in [0.25, 0.3) is 10.8 Å². The van der Waals surface area contributed by atoms with E-state index in [-0.39, 0.29) is 0 Å². The molecule has 0 atom stereocenters. The molecule has 0 aliphatic rings. The molecule has 14 heavy (non-hydrogen) atoms. The van der Waals surface area contributed by atoms with Gasteiger partial charge in [-0.3, -0.25) is 4.79 Å². The van der Waals surface area contributed by atoms with Crippen molar-refractivity contribution >= 4 is 22.7 Å². The van der Waals surface area contributed by atoms with Gasteiger partial charge in [0.1, 0.15) is 5.69 Å². The van der Waals surface area contributed by atoms with E-state index in [0.717, 1.165) is 16.3 Å². The topological polar surface area (TPSA) is 56.7 Å². The molecule has 0 saturated heterocycles. The van der Waals surface area contributed by atoms with Gasteiger partial charge in [-0.2, -0.15) is 0 Å². The van der Waals surface area contributed by atoms with Crippen LogP contribution in [0, 0.1) is 5.21 Å². The van der Waals surface area contributed by atoms with E-state index in [0.29, 0.717) is 17.5 Å². The Labute approximate surface area is 80.9 Å². The van der Waals surface area contributed by atoms with E-state index in [1.807, 2.05) is 30.3 Å². The van der Waals surface area contributed by atoms with Crippen molar-refractivity contribution in [2.75, 3.05) is 0 Å². The summed E-state index contributed by atoms with van der Waals surface area (Å²) in [6.07, 6.45) is 0.705. The zero-order valence-electron chi connectivity index (χ0n) is 7.44. The van der Waals surface area contributed by atoms with Gasteiger partial charge in [-0.25, -0.2) is 0 Å². The number of carbonyl (C=O) groups excluding carboxylic acids is 1. The van der Waals surface area contributed by atoms with E-state index in [1.54, 1.807) is 6.07 Å². The molecule has 0 unspecified atom stereocenters. The molecule has 0 fully saturated rings. The highest BCUT2D eigenvalue weighted by atomic mass is 16.5. The standard InChI is InChI=1S/C11H9NO2/c13-7-9-6-5-8-3-1-2-4-10(8)11(9)12-14/h1-7H,12H2. The molecule has 2 N–H and O–H groups in total. The largest absolute Gasteiger partial charge is 0.630 e. The molecule has 2 aromatic carbocycles. The van der Waals surface area contributed by atoms with Crippen molar-refractivity contribution in [2.24, 2.45) is 0 Å². The second kappa shape index (κ2) is 3.57. The van der Waals surface area contributed by atoms with Crippen LogP contribution in [0.15, 0.2) is 36.4 Å². The van der Waals surface area contributed by atoms with Gasteiger partial charge in [0, 0.05) is 5.39 Å². The number of carbonyl (C=O) groups is 1. The average Bonchev–Trinajstić information content (AvgIpc) is 2.27. The lowest BCUT2D eigenvalue weighted by atomic mass is 10.1. The minimum absolute atomic E-state index is 0.443. The normalized spacial score (nSPS) is 10.4. The molecule has 0 bridgehead atoms. The molecule has 0 heterocycles. The summed E-state index contributed by atoms with van der Waals surface area (Å²) in [5.74, 6) is 0. The Morgan fingerprint density at radius 1 is 1.14 bits per heavy atom. The predicted octanol–water partition coefficient (Wildman–Crippen LogP) is 1.34. The molecule has 0 aliphatic heterocycles. The van der Waals surface area contributed by atoms with Gasteiger partial charge < -0.3 is 10.7 Å². The van der Waals surface area contributed by atoms with Gasteiger partial charge in [0.15, 0.2) is 6.29 Å². The first kappa shape index (κ1) is 8.87. The third kappa shape index (κ3) is 1.28. The second-order valence-corrected chi connectivity index (χ2v) is 3.03. The van der Waals surface area contributed by atoms with E-state index in [9.17, 15) is 10.0 Å². The van der Waals surface area contributed by atoms with Crippen molar-refractivity contribution in [3.8, 4) is 0 Å². The van der Waals surface area contributed by atoms with E-state index >= 15 is 0 Å². The van der Waals surface area contributed by atoms with Crippen molar-refractivity contribution in [3.63, 3.8) is 0 Å². The van der Waals surface area contributed by atoms with Crippen LogP contribution in [-0.2, 0) is 0 Å². The Bertz CT molecular complexity index is 480. The van der Waals surface area contributed by atoms with E-state index in [2.05, 4.69) is 0 Å². The zero-order chi connectivity index (χ0) is 9.97. The van der Waals surface area contributed by atoms with Crippen LogP contribution in [0.2, 0.25) is 0 Å². The lowest BCUT2D eigenvalue weighted by molar-refractivity contribution is -0.495. The fraction of sp³-hybridized carbons (Fsp3) is 0. The maximum atomic E-state index is 10.8. The van der Waals surface area contributed by atoms with Crippen LogP contribution in [0.5, 0.6) is 0 Å². The van der Waals surface area contributed by atoms with Crippen molar-refractivity contribution in [1.82, 2.24) is 0 Å². The Balaban J connectivity index is 2.83. The minimum Gasteiger partial charge on any atom is -0.630 e. The molecule has 0 saturated carbocycles. The first-order valence-corrected chi connectivity index (χ1v) is 4.29. The number of quaternary nitrogens is 1. The molecule has 3 nitrogen and oxygen atoms in total. The summed E-state index contributed by atoms with van der Waals surface area (Å²) in [5, 5.41) is 12.6. The zero-order valence-corrected chi connectivity index (χ0v) is 7.44. The van der Waals surface area contributed by atoms with Crippen molar-refractivity contribution in [3.05, 3.63) is 47.2 Å². The number of fused-ring (bicyclic) bond motifs is 1. The summed E-state index contributed by atoms with van der Waals surface area (Å²) in [6.45, 7) is 0. The van der Waals surface area contributed by atoms with Crippen molar-refractivity contribution in [1.29, 1.82) is 0 Å². The highest BCUT2D eigenvalue weighted by Gasteiger charge is 2.06. The molecule has 0 aromatic heterocycles. The number of hydrogen-bond donors (Lipinski definition) is 1. The average molecular weight is 187 g/mol. The van der Waals surface area contributed by atoms with Gasteiger partial charge in [-0.1, -0.05) is 24.3 Å². The quantitative estimate of drug-likeness (QED) is 0.438. The lowest BCUT2D eigenvalue weighted by Crippen LogP contribution is -2.70. The summed E-state index contributed by atoms with van der Waals surface area (Å²) < 4.78 is 0. The first-order valence-electron chi connectivity index (χ1n) is 4.29. The Morgan fingerprint density at radius 2 is 1.93 bits per heavy atom. The van der Waals surface area contributed by atoms with Crippen LogP contribution in [0.4, 0.5) is 5.69 Å². The maximum Gasteiger partial charge on any atom is 0.156 e. The monoisotopic (exact) mass is 187 g/mol. The van der Waals surface area contributed by atoms with Gasteiger partial charge >= 0.3 is 0 Å². The van der Waals surface area contributed by atoms with Crippen LogP contribution in [0.1, 0.15) is 10.4 Å². The third-order valence-corrected chi connectivity index (χ3v) is 2.25. The van der Waals surface area contributed by atoms with E-state index in [1.165, 1.54) is 0 Å². The molecular weight excluding hydrogens is 178 g/mol.